The maximum atomic E-state index is 4.30. The van der Waals surface area contributed by atoms with Crippen LogP contribution in [0.3, 0.4) is 0 Å². The summed E-state index contributed by atoms with van der Waals surface area (Å²) in [5.41, 5.74) is 3.02. The van der Waals surface area contributed by atoms with Crippen molar-refractivity contribution < 1.29 is 0 Å². The first-order valence-corrected chi connectivity index (χ1v) is 6.61. The van der Waals surface area contributed by atoms with Crippen LogP contribution >= 0.6 is 0 Å². The van der Waals surface area contributed by atoms with Crippen molar-refractivity contribution in [3.8, 4) is 0 Å². The highest BCUT2D eigenvalue weighted by molar-refractivity contribution is 5.92. The van der Waals surface area contributed by atoms with E-state index in [0.717, 1.165) is 11.3 Å². The van der Waals surface area contributed by atoms with E-state index in [2.05, 4.69) is 60.1 Å². The third-order valence-corrected chi connectivity index (χ3v) is 3.28. The lowest BCUT2D eigenvalue weighted by Gasteiger charge is -2.02. The highest BCUT2D eigenvalue weighted by Gasteiger charge is 1.98. The smallest absolute Gasteiger partial charge is 0.0695 e. The molecule has 0 spiro atoms. The second-order valence-electron chi connectivity index (χ2n) is 4.64. The maximum absolute atomic E-state index is 4.30. The van der Waals surface area contributed by atoms with Gasteiger partial charge in [0.15, 0.2) is 0 Å². The Bertz CT molecular complexity index is 765. The fourth-order valence-electron chi connectivity index (χ4n) is 2.22. The van der Waals surface area contributed by atoms with E-state index in [4.69, 9.17) is 0 Å². The molecule has 0 unspecified atom stereocenters. The standard InChI is InChI=1S/C19H15N/c1-15(19-11-4-5-14-20-19)12-13-17-9-6-8-16-7-2-3-10-18(16)17/h2-14H,1H2/b13-12-. The third-order valence-electron chi connectivity index (χ3n) is 3.28. The topological polar surface area (TPSA) is 12.9 Å². The van der Waals surface area contributed by atoms with E-state index in [-0.39, 0.29) is 0 Å². The van der Waals surface area contributed by atoms with Gasteiger partial charge >= 0.3 is 0 Å². The van der Waals surface area contributed by atoms with Crippen LogP contribution in [0.4, 0.5) is 0 Å². The van der Waals surface area contributed by atoms with Gasteiger partial charge in [0.1, 0.15) is 0 Å². The number of nitrogens with zero attached hydrogens (tertiary/aromatic N) is 1. The lowest BCUT2D eigenvalue weighted by atomic mass is 10.0. The molecule has 0 saturated heterocycles. The zero-order valence-corrected chi connectivity index (χ0v) is 11.2. The van der Waals surface area contributed by atoms with E-state index >= 15 is 0 Å². The van der Waals surface area contributed by atoms with E-state index < -0.39 is 0 Å². The summed E-state index contributed by atoms with van der Waals surface area (Å²) >= 11 is 0. The number of rotatable bonds is 3. The summed E-state index contributed by atoms with van der Waals surface area (Å²) < 4.78 is 0. The molecule has 1 nitrogen and oxygen atoms in total. The van der Waals surface area contributed by atoms with Crippen molar-refractivity contribution >= 4 is 22.4 Å². The van der Waals surface area contributed by atoms with Crippen LogP contribution < -0.4 is 0 Å². The molecule has 0 N–H and O–H groups in total. The van der Waals surface area contributed by atoms with E-state index in [1.165, 1.54) is 16.3 Å². The predicted molar refractivity (Wildman–Crippen MR) is 86.3 cm³/mol. The SMILES string of the molecule is C=C(/C=C\c1cccc2ccccc12)c1ccccn1. The molecule has 96 valence electrons. The van der Waals surface area contributed by atoms with Crippen molar-refractivity contribution in [2.24, 2.45) is 0 Å². The first-order valence-electron chi connectivity index (χ1n) is 6.61. The largest absolute Gasteiger partial charge is 0.256 e. The minimum Gasteiger partial charge on any atom is -0.256 e. The molecular weight excluding hydrogens is 242 g/mol. The van der Waals surface area contributed by atoms with Crippen LogP contribution in [0.2, 0.25) is 0 Å². The third kappa shape index (κ3) is 2.52. The molecule has 0 fully saturated rings. The van der Waals surface area contributed by atoms with Crippen LogP contribution in [0.1, 0.15) is 11.3 Å². The average molecular weight is 257 g/mol. The zero-order valence-electron chi connectivity index (χ0n) is 11.2. The molecule has 1 aromatic heterocycles. The first-order chi connectivity index (χ1) is 9.84. The van der Waals surface area contributed by atoms with Gasteiger partial charge in [0.25, 0.3) is 0 Å². The summed E-state index contributed by atoms with van der Waals surface area (Å²) in [5, 5.41) is 2.50. The average Bonchev–Trinajstić information content (AvgIpc) is 2.53. The molecule has 2 aromatic carbocycles. The molecule has 0 aliphatic heterocycles. The first kappa shape index (κ1) is 12.4. The van der Waals surface area contributed by atoms with Gasteiger partial charge in [-0.3, -0.25) is 4.98 Å². The highest BCUT2D eigenvalue weighted by atomic mass is 14.7. The van der Waals surface area contributed by atoms with Gasteiger partial charge in [-0.2, -0.15) is 0 Å². The molecule has 0 bridgehead atoms. The Morgan fingerprint density at radius 3 is 2.55 bits per heavy atom. The molecule has 0 aliphatic carbocycles. The fraction of sp³-hybridized carbons (Fsp3) is 0. The summed E-state index contributed by atoms with van der Waals surface area (Å²) in [6.45, 7) is 4.07. The molecule has 0 aliphatic rings. The number of aromatic nitrogens is 1. The monoisotopic (exact) mass is 257 g/mol. The van der Waals surface area contributed by atoms with Crippen molar-refractivity contribution in [2.45, 2.75) is 0 Å². The second kappa shape index (κ2) is 5.54. The Morgan fingerprint density at radius 1 is 0.900 bits per heavy atom. The summed E-state index contributed by atoms with van der Waals surface area (Å²) in [6.07, 6.45) is 5.90. The number of pyridine rings is 1. The van der Waals surface area contributed by atoms with Crippen LogP contribution in [-0.2, 0) is 0 Å². The number of benzene rings is 2. The molecule has 0 amide bonds. The van der Waals surface area contributed by atoms with E-state index in [0.29, 0.717) is 0 Å². The van der Waals surface area contributed by atoms with Crippen LogP contribution in [-0.4, -0.2) is 4.98 Å². The van der Waals surface area contributed by atoms with E-state index in [9.17, 15) is 0 Å². The van der Waals surface area contributed by atoms with Gasteiger partial charge in [0.2, 0.25) is 0 Å². The normalized spacial score (nSPS) is 11.0. The molecule has 3 rings (SSSR count). The number of hydrogen-bond donors (Lipinski definition) is 0. The van der Waals surface area contributed by atoms with Crippen LogP contribution in [0.25, 0.3) is 22.4 Å². The lowest BCUT2D eigenvalue weighted by molar-refractivity contribution is 1.28. The van der Waals surface area contributed by atoms with Crippen LogP contribution in [0.15, 0.2) is 79.5 Å². The Morgan fingerprint density at radius 2 is 1.70 bits per heavy atom. The number of allylic oxidation sites excluding steroid dienone is 2. The molecule has 1 heteroatoms. The molecule has 0 atom stereocenters. The Hall–Kier alpha value is -2.67. The Labute approximate surface area is 118 Å². The minimum atomic E-state index is 0.906. The molecule has 20 heavy (non-hydrogen) atoms. The van der Waals surface area contributed by atoms with Crippen molar-refractivity contribution in [1.82, 2.24) is 4.98 Å². The lowest BCUT2D eigenvalue weighted by Crippen LogP contribution is -1.83. The van der Waals surface area contributed by atoms with E-state index in [1.807, 2.05) is 24.3 Å². The quantitative estimate of drug-likeness (QED) is 0.604. The number of hydrogen-bond acceptors (Lipinski definition) is 1. The number of fused-ring (bicyclic) bond motifs is 1. The van der Waals surface area contributed by atoms with Gasteiger partial charge in [-0.1, -0.05) is 67.3 Å². The van der Waals surface area contributed by atoms with Crippen molar-refractivity contribution in [3.63, 3.8) is 0 Å². The van der Waals surface area contributed by atoms with Gasteiger partial charge in [0, 0.05) is 6.20 Å². The van der Waals surface area contributed by atoms with Crippen molar-refractivity contribution in [3.05, 3.63) is 90.8 Å². The van der Waals surface area contributed by atoms with Crippen LogP contribution in [0.5, 0.6) is 0 Å². The summed E-state index contributed by atoms with van der Waals surface area (Å²) in [7, 11) is 0. The zero-order chi connectivity index (χ0) is 13.8. The summed E-state index contributed by atoms with van der Waals surface area (Å²) in [6, 6.07) is 20.5. The van der Waals surface area contributed by atoms with Gasteiger partial charge in [-0.25, -0.2) is 0 Å². The van der Waals surface area contributed by atoms with Crippen molar-refractivity contribution in [2.75, 3.05) is 0 Å². The summed E-state index contributed by atoms with van der Waals surface area (Å²) in [4.78, 5) is 4.30. The van der Waals surface area contributed by atoms with Gasteiger partial charge < -0.3 is 0 Å². The molecular formula is C19H15N. The fourth-order valence-corrected chi connectivity index (χ4v) is 2.22. The highest BCUT2D eigenvalue weighted by Crippen LogP contribution is 2.21. The van der Waals surface area contributed by atoms with Gasteiger partial charge in [0.05, 0.1) is 5.69 Å². The Balaban J connectivity index is 1.94. The van der Waals surface area contributed by atoms with E-state index in [1.54, 1.807) is 6.20 Å². The molecule has 0 saturated carbocycles. The molecule has 3 aromatic rings. The van der Waals surface area contributed by atoms with Crippen LogP contribution in [0, 0.1) is 0 Å². The second-order valence-corrected chi connectivity index (χ2v) is 4.64. The molecule has 0 radical (unpaired) electrons. The predicted octanol–water partition coefficient (Wildman–Crippen LogP) is 4.96. The van der Waals surface area contributed by atoms with Crippen molar-refractivity contribution in [1.29, 1.82) is 0 Å². The maximum Gasteiger partial charge on any atom is 0.0695 e. The molecule has 1 heterocycles. The van der Waals surface area contributed by atoms with Gasteiger partial charge in [-0.05, 0) is 34.0 Å². The summed E-state index contributed by atoms with van der Waals surface area (Å²) in [5.74, 6) is 0. The minimum absolute atomic E-state index is 0.906. The van der Waals surface area contributed by atoms with Gasteiger partial charge in [-0.15, -0.1) is 0 Å². The Kier molecular flexibility index (Phi) is 3.42.